The predicted octanol–water partition coefficient (Wildman–Crippen LogP) is -1.01. The molecule has 5 nitrogen and oxygen atoms in total. The normalized spacial score (nSPS) is 28.8. The van der Waals surface area contributed by atoms with Crippen LogP contribution in [0.5, 0.6) is 0 Å². The number of hydrogen-bond acceptors (Lipinski definition) is 4. The van der Waals surface area contributed by atoms with Gasteiger partial charge >= 0.3 is 0 Å². The largest absolute Gasteiger partial charge is 0.393 e. The van der Waals surface area contributed by atoms with Crippen LogP contribution in [0.3, 0.4) is 0 Å². The summed E-state index contributed by atoms with van der Waals surface area (Å²) >= 11 is 0. The second-order valence-electron chi connectivity index (χ2n) is 3.85. The fraction of sp³-hybridized carbons (Fsp3) is 0.889. The van der Waals surface area contributed by atoms with Crippen molar-refractivity contribution in [3.05, 3.63) is 0 Å². The fourth-order valence-corrected chi connectivity index (χ4v) is 1.33. The third-order valence-electron chi connectivity index (χ3n) is 2.35. The Kier molecular flexibility index (Phi) is 3.86. The van der Waals surface area contributed by atoms with Crippen molar-refractivity contribution in [2.75, 3.05) is 19.8 Å². The number of carbonyl (C=O) groups is 1. The summed E-state index contributed by atoms with van der Waals surface area (Å²) in [4.78, 5) is 11.6. The van der Waals surface area contributed by atoms with Crippen LogP contribution in [-0.2, 0) is 9.53 Å². The first-order valence-electron chi connectivity index (χ1n) is 4.87. The Bertz CT molecular complexity index is 200. The van der Waals surface area contributed by atoms with Gasteiger partial charge in [-0.15, -0.1) is 0 Å². The van der Waals surface area contributed by atoms with E-state index in [1.807, 2.05) is 0 Å². The molecule has 0 aromatic heterocycles. The molecule has 1 aliphatic rings. The number of nitrogens with two attached hydrogens (primary N) is 1. The van der Waals surface area contributed by atoms with Crippen LogP contribution >= 0.6 is 0 Å². The van der Waals surface area contributed by atoms with Gasteiger partial charge < -0.3 is 20.9 Å². The Morgan fingerprint density at radius 3 is 3.00 bits per heavy atom. The Labute approximate surface area is 83.6 Å². The van der Waals surface area contributed by atoms with E-state index in [0.717, 1.165) is 0 Å². The molecule has 0 bridgehead atoms. The second-order valence-corrected chi connectivity index (χ2v) is 3.85. The maximum Gasteiger partial charge on any atom is 0.242 e. The zero-order valence-corrected chi connectivity index (χ0v) is 8.45. The van der Waals surface area contributed by atoms with Gasteiger partial charge in [0.2, 0.25) is 5.91 Å². The molecule has 2 unspecified atom stereocenters. The number of ether oxygens (including phenoxy) is 1. The highest BCUT2D eigenvalue weighted by molar-refractivity contribution is 5.86. The Morgan fingerprint density at radius 2 is 2.50 bits per heavy atom. The van der Waals surface area contributed by atoms with Crippen molar-refractivity contribution in [3.8, 4) is 0 Å². The first kappa shape index (κ1) is 11.4. The van der Waals surface area contributed by atoms with Crippen LogP contribution in [0.2, 0.25) is 0 Å². The minimum Gasteiger partial charge on any atom is -0.393 e. The highest BCUT2D eigenvalue weighted by Gasteiger charge is 2.37. The molecule has 4 N–H and O–H groups in total. The van der Waals surface area contributed by atoms with E-state index in [2.05, 4.69) is 5.32 Å². The molecule has 0 aliphatic carbocycles. The van der Waals surface area contributed by atoms with E-state index in [9.17, 15) is 4.79 Å². The zero-order valence-electron chi connectivity index (χ0n) is 8.45. The third kappa shape index (κ3) is 2.94. The van der Waals surface area contributed by atoms with E-state index < -0.39 is 11.6 Å². The van der Waals surface area contributed by atoms with E-state index in [4.69, 9.17) is 15.6 Å². The maximum absolute atomic E-state index is 11.6. The van der Waals surface area contributed by atoms with Crippen molar-refractivity contribution in [1.82, 2.24) is 5.32 Å². The summed E-state index contributed by atoms with van der Waals surface area (Å²) in [6.45, 7) is 2.96. The predicted molar refractivity (Wildman–Crippen MR) is 51.7 cm³/mol. The van der Waals surface area contributed by atoms with Gasteiger partial charge in [0.1, 0.15) is 5.54 Å². The molecule has 2 atom stereocenters. The molecular weight excluding hydrogens is 184 g/mol. The van der Waals surface area contributed by atoms with Crippen LogP contribution in [0, 0.1) is 0 Å². The number of nitrogens with one attached hydrogen (secondary N) is 1. The van der Waals surface area contributed by atoms with E-state index in [1.54, 1.807) is 6.92 Å². The zero-order chi connectivity index (χ0) is 10.6. The molecule has 1 heterocycles. The number of hydrogen-bond donors (Lipinski definition) is 3. The molecule has 1 aliphatic heterocycles. The molecule has 14 heavy (non-hydrogen) atoms. The Hall–Kier alpha value is -0.650. The maximum atomic E-state index is 11.6. The Morgan fingerprint density at radius 1 is 1.79 bits per heavy atom. The number of carbonyl (C=O) groups excluding carboxylic acids is 1. The minimum atomic E-state index is -0.862. The molecule has 5 heteroatoms. The second kappa shape index (κ2) is 4.72. The van der Waals surface area contributed by atoms with Gasteiger partial charge in [0.05, 0.1) is 12.7 Å². The first-order chi connectivity index (χ1) is 6.54. The van der Waals surface area contributed by atoms with E-state index in [-0.39, 0.29) is 12.5 Å². The van der Waals surface area contributed by atoms with Crippen molar-refractivity contribution >= 4 is 5.91 Å². The summed E-state index contributed by atoms with van der Waals surface area (Å²) in [5.74, 6) is -0.185. The fourth-order valence-electron chi connectivity index (χ4n) is 1.33. The van der Waals surface area contributed by atoms with Gasteiger partial charge in [0.15, 0.2) is 0 Å². The van der Waals surface area contributed by atoms with Gasteiger partial charge in [-0.3, -0.25) is 4.79 Å². The van der Waals surface area contributed by atoms with Crippen LogP contribution in [-0.4, -0.2) is 42.4 Å². The number of aliphatic hydroxyl groups is 1. The van der Waals surface area contributed by atoms with Gasteiger partial charge in [0, 0.05) is 13.2 Å². The van der Waals surface area contributed by atoms with Crippen LogP contribution in [0.15, 0.2) is 0 Å². The summed E-state index contributed by atoms with van der Waals surface area (Å²) in [5, 5.41) is 11.7. The lowest BCUT2D eigenvalue weighted by Gasteiger charge is -2.20. The van der Waals surface area contributed by atoms with Crippen LogP contribution < -0.4 is 11.1 Å². The molecule has 0 radical (unpaired) electrons. The number of amides is 1. The summed E-state index contributed by atoms with van der Waals surface area (Å²) in [7, 11) is 0. The molecule has 0 saturated carbocycles. The van der Waals surface area contributed by atoms with Gasteiger partial charge in [-0.25, -0.2) is 0 Å². The molecule has 0 spiro atoms. The quantitative estimate of drug-likeness (QED) is 0.545. The van der Waals surface area contributed by atoms with Gasteiger partial charge in [-0.1, -0.05) is 0 Å². The molecule has 1 saturated heterocycles. The summed E-state index contributed by atoms with van der Waals surface area (Å²) < 4.78 is 5.07. The molecule has 0 aromatic rings. The smallest absolute Gasteiger partial charge is 0.242 e. The minimum absolute atomic E-state index is 0.185. The van der Waals surface area contributed by atoms with Crippen molar-refractivity contribution < 1.29 is 14.6 Å². The van der Waals surface area contributed by atoms with Crippen LogP contribution in [0.4, 0.5) is 0 Å². The molecular formula is C9H18N2O3. The van der Waals surface area contributed by atoms with Crippen molar-refractivity contribution in [2.45, 2.75) is 31.4 Å². The first-order valence-corrected chi connectivity index (χ1v) is 4.87. The lowest BCUT2D eigenvalue weighted by molar-refractivity contribution is -0.126. The summed E-state index contributed by atoms with van der Waals surface area (Å²) in [5.41, 5.74) is 4.96. The highest BCUT2D eigenvalue weighted by atomic mass is 16.5. The number of rotatable bonds is 4. The average molecular weight is 202 g/mol. The van der Waals surface area contributed by atoms with E-state index >= 15 is 0 Å². The lowest BCUT2D eigenvalue weighted by Crippen LogP contribution is -2.54. The van der Waals surface area contributed by atoms with E-state index in [1.165, 1.54) is 0 Å². The topological polar surface area (TPSA) is 84.6 Å². The monoisotopic (exact) mass is 202 g/mol. The summed E-state index contributed by atoms with van der Waals surface area (Å²) in [6.07, 6.45) is 0.708. The van der Waals surface area contributed by atoms with Gasteiger partial charge in [-0.05, 0) is 19.8 Å². The number of aliphatic hydroxyl groups excluding tert-OH is 1. The molecule has 1 amide bonds. The van der Waals surface area contributed by atoms with Crippen LogP contribution in [0.25, 0.3) is 0 Å². The Balaban J connectivity index is 2.27. The van der Waals surface area contributed by atoms with Gasteiger partial charge in [0.25, 0.3) is 0 Å². The molecule has 1 fully saturated rings. The van der Waals surface area contributed by atoms with Crippen molar-refractivity contribution in [3.63, 3.8) is 0 Å². The van der Waals surface area contributed by atoms with Crippen molar-refractivity contribution in [1.29, 1.82) is 0 Å². The molecule has 1 rings (SSSR count). The highest BCUT2D eigenvalue weighted by Crippen LogP contribution is 2.15. The van der Waals surface area contributed by atoms with Crippen molar-refractivity contribution in [2.24, 2.45) is 5.73 Å². The average Bonchev–Trinajstić information content (AvgIpc) is 2.52. The third-order valence-corrected chi connectivity index (χ3v) is 2.35. The molecule has 82 valence electrons. The van der Waals surface area contributed by atoms with E-state index in [0.29, 0.717) is 26.0 Å². The van der Waals surface area contributed by atoms with Crippen LogP contribution in [0.1, 0.15) is 19.8 Å². The molecule has 0 aromatic carbocycles. The SMILES string of the molecule is CC(O)CCNC(=O)C1(N)CCOC1. The van der Waals surface area contributed by atoms with Gasteiger partial charge in [-0.2, -0.15) is 0 Å². The summed E-state index contributed by atoms with van der Waals surface area (Å²) in [6, 6.07) is 0. The standard InChI is InChI=1S/C9H18N2O3/c1-7(12)2-4-11-8(13)9(10)3-5-14-6-9/h7,12H,2-6,10H2,1H3,(H,11,13). The lowest BCUT2D eigenvalue weighted by atomic mass is 9.99.